The first kappa shape index (κ1) is 24.2. The zero-order valence-electron chi connectivity index (χ0n) is 21.1. The summed E-state index contributed by atoms with van der Waals surface area (Å²) in [7, 11) is 0. The van der Waals surface area contributed by atoms with Crippen LogP contribution in [0, 0.1) is 17.1 Å². The summed E-state index contributed by atoms with van der Waals surface area (Å²) >= 11 is 0. The molecule has 0 fully saturated rings. The maximum absolute atomic E-state index is 14.3. The third kappa shape index (κ3) is 3.64. The van der Waals surface area contributed by atoms with Crippen LogP contribution < -0.4 is 10.4 Å². The molecule has 2 bridgehead atoms. The van der Waals surface area contributed by atoms with E-state index in [-0.39, 0.29) is 41.7 Å². The number of nitriles is 1. The molecule has 0 saturated heterocycles. The average molecular weight is 537 g/mol. The standard InChI is InChI=1S/C31H21FN2O6/c32-19-8-10-24-23(14-19)27-25(30(37)38-24)26-20-9-7-17(16-33)13-18(20)15-31(39-26,40-27)11-3-4-12-34-28(35)21-5-1-2-6-22(21)29(34)36/h1-2,5-10,13-14,26H,3-4,11-12,15H2/t26?,31-/m0/s1. The van der Waals surface area contributed by atoms with E-state index in [2.05, 4.69) is 6.07 Å². The smallest absolute Gasteiger partial charge is 0.346 e. The first-order chi connectivity index (χ1) is 19.4. The van der Waals surface area contributed by atoms with E-state index in [9.17, 15) is 24.0 Å². The van der Waals surface area contributed by atoms with Gasteiger partial charge in [-0.1, -0.05) is 18.2 Å². The van der Waals surface area contributed by atoms with E-state index in [0.717, 1.165) is 5.56 Å². The highest BCUT2D eigenvalue weighted by atomic mass is 19.1. The van der Waals surface area contributed by atoms with Gasteiger partial charge in [0.1, 0.15) is 28.8 Å². The minimum atomic E-state index is -1.21. The van der Waals surface area contributed by atoms with Gasteiger partial charge in [-0.05, 0) is 66.4 Å². The summed E-state index contributed by atoms with van der Waals surface area (Å²) in [5, 5.41) is 9.79. The number of carbonyl (C=O) groups is 2. The summed E-state index contributed by atoms with van der Waals surface area (Å²) in [5.41, 5.74) is 2.49. The van der Waals surface area contributed by atoms with Gasteiger partial charge < -0.3 is 13.9 Å². The highest BCUT2D eigenvalue weighted by Gasteiger charge is 2.49. The van der Waals surface area contributed by atoms with Gasteiger partial charge in [-0.2, -0.15) is 5.26 Å². The molecule has 0 aliphatic carbocycles. The van der Waals surface area contributed by atoms with Crippen LogP contribution in [0.15, 0.2) is 69.9 Å². The number of hydrogen-bond donors (Lipinski definition) is 0. The Kier molecular flexibility index (Phi) is 5.37. The van der Waals surface area contributed by atoms with Crippen molar-refractivity contribution in [1.29, 1.82) is 5.26 Å². The number of fused-ring (bicyclic) bond motifs is 9. The van der Waals surface area contributed by atoms with Gasteiger partial charge >= 0.3 is 5.63 Å². The van der Waals surface area contributed by atoms with Crippen LogP contribution in [0.3, 0.4) is 0 Å². The number of imide groups is 1. The highest BCUT2D eigenvalue weighted by Crippen LogP contribution is 2.50. The van der Waals surface area contributed by atoms with Crippen molar-refractivity contribution in [3.63, 3.8) is 0 Å². The number of unbranched alkanes of at least 4 members (excludes halogenated alkanes) is 1. The third-order valence-corrected chi connectivity index (χ3v) is 7.82. The molecule has 40 heavy (non-hydrogen) atoms. The number of carbonyl (C=O) groups excluding carboxylic acids is 2. The van der Waals surface area contributed by atoms with Crippen molar-refractivity contribution in [2.45, 2.75) is 37.6 Å². The van der Waals surface area contributed by atoms with E-state index < -0.39 is 23.3 Å². The molecule has 8 nitrogen and oxygen atoms in total. The lowest BCUT2D eigenvalue weighted by molar-refractivity contribution is -0.232. The largest absolute Gasteiger partial charge is 0.461 e. The second-order valence-electron chi connectivity index (χ2n) is 10.3. The normalized spacial score (nSPS) is 20.5. The van der Waals surface area contributed by atoms with Gasteiger partial charge in [-0.25, -0.2) is 9.18 Å². The van der Waals surface area contributed by atoms with Crippen molar-refractivity contribution in [2.75, 3.05) is 6.54 Å². The Hall–Kier alpha value is -4.81. The molecule has 9 heteroatoms. The number of ether oxygens (including phenoxy) is 2. The van der Waals surface area contributed by atoms with Crippen molar-refractivity contribution in [3.05, 3.63) is 110 Å². The predicted octanol–water partition coefficient (Wildman–Crippen LogP) is 5.02. The SMILES string of the molecule is N#Cc1ccc2c(c1)C[C@]1(CCCCN3C(=O)c4ccccc4C3=O)Oc3c(c(=O)oc4ccc(F)cc34)C2O1. The van der Waals surface area contributed by atoms with Crippen molar-refractivity contribution < 1.29 is 27.9 Å². The average Bonchev–Trinajstić information content (AvgIpc) is 3.20. The molecule has 3 aliphatic heterocycles. The van der Waals surface area contributed by atoms with E-state index in [1.165, 1.54) is 23.1 Å². The summed E-state index contributed by atoms with van der Waals surface area (Å²) in [5.74, 6) is -2.12. The van der Waals surface area contributed by atoms with E-state index in [0.29, 0.717) is 46.9 Å². The number of benzene rings is 3. The lowest BCUT2D eigenvalue weighted by Gasteiger charge is -2.46. The Labute approximate surface area is 227 Å². The quantitative estimate of drug-likeness (QED) is 0.200. The monoisotopic (exact) mass is 536 g/mol. The summed E-state index contributed by atoms with van der Waals surface area (Å²) in [4.78, 5) is 39.9. The highest BCUT2D eigenvalue weighted by molar-refractivity contribution is 6.21. The molecule has 4 aromatic rings. The van der Waals surface area contributed by atoms with Crippen LogP contribution in [0.2, 0.25) is 0 Å². The van der Waals surface area contributed by atoms with Crippen molar-refractivity contribution in [3.8, 4) is 11.8 Å². The minimum Gasteiger partial charge on any atom is -0.461 e. The van der Waals surface area contributed by atoms with E-state index in [4.69, 9.17) is 13.9 Å². The topological polar surface area (TPSA) is 110 Å². The van der Waals surface area contributed by atoms with Gasteiger partial charge in [-0.15, -0.1) is 0 Å². The Morgan fingerprint density at radius 2 is 1.77 bits per heavy atom. The second kappa shape index (κ2) is 8.86. The van der Waals surface area contributed by atoms with Gasteiger partial charge in [0.15, 0.2) is 0 Å². The van der Waals surface area contributed by atoms with Gasteiger partial charge in [0.25, 0.3) is 11.8 Å². The Balaban J connectivity index is 1.21. The van der Waals surface area contributed by atoms with Gasteiger partial charge in [0.05, 0.1) is 28.1 Å². The first-order valence-electron chi connectivity index (χ1n) is 13.0. The van der Waals surface area contributed by atoms with Gasteiger partial charge in [0.2, 0.25) is 5.79 Å². The summed E-state index contributed by atoms with van der Waals surface area (Å²) in [6.45, 7) is 0.231. The molecule has 2 amide bonds. The molecule has 1 unspecified atom stereocenters. The molecule has 1 aromatic heterocycles. The number of rotatable bonds is 5. The molecule has 0 spiro atoms. The zero-order valence-corrected chi connectivity index (χ0v) is 21.1. The van der Waals surface area contributed by atoms with E-state index >= 15 is 0 Å². The molecule has 0 N–H and O–H groups in total. The Morgan fingerprint density at radius 1 is 1.00 bits per heavy atom. The molecule has 3 aromatic carbocycles. The van der Waals surface area contributed by atoms with Crippen molar-refractivity contribution in [1.82, 2.24) is 4.90 Å². The fourth-order valence-electron chi connectivity index (χ4n) is 5.96. The van der Waals surface area contributed by atoms with Crippen LogP contribution in [0.1, 0.15) is 68.3 Å². The van der Waals surface area contributed by atoms with Crippen molar-refractivity contribution in [2.24, 2.45) is 0 Å². The lowest BCUT2D eigenvalue weighted by Crippen LogP contribution is -2.50. The summed E-state index contributed by atoms with van der Waals surface area (Å²) in [6, 6.07) is 18.0. The van der Waals surface area contributed by atoms with Crippen LogP contribution in [0.25, 0.3) is 11.0 Å². The van der Waals surface area contributed by atoms with Crippen LogP contribution in [0.5, 0.6) is 5.75 Å². The molecule has 2 atom stereocenters. The lowest BCUT2D eigenvalue weighted by atomic mass is 9.84. The van der Waals surface area contributed by atoms with Crippen LogP contribution in [-0.2, 0) is 11.2 Å². The number of halogens is 1. The predicted molar refractivity (Wildman–Crippen MR) is 139 cm³/mol. The Morgan fingerprint density at radius 3 is 2.52 bits per heavy atom. The maximum Gasteiger partial charge on any atom is 0.346 e. The fraction of sp³-hybridized carbons (Fsp3) is 0.226. The molecular weight excluding hydrogens is 515 g/mol. The minimum absolute atomic E-state index is 0.144. The molecule has 198 valence electrons. The number of amides is 2. The molecule has 0 saturated carbocycles. The molecular formula is C31H21FN2O6. The molecule has 7 rings (SSSR count). The molecule has 0 radical (unpaired) electrons. The van der Waals surface area contributed by atoms with Crippen molar-refractivity contribution >= 4 is 22.8 Å². The zero-order chi connectivity index (χ0) is 27.6. The summed E-state index contributed by atoms with van der Waals surface area (Å²) < 4.78 is 32.7. The van der Waals surface area contributed by atoms with Crippen LogP contribution >= 0.6 is 0 Å². The van der Waals surface area contributed by atoms with E-state index in [1.807, 2.05) is 0 Å². The molecule has 3 aliphatic rings. The van der Waals surface area contributed by atoms with Crippen LogP contribution in [-0.4, -0.2) is 29.0 Å². The van der Waals surface area contributed by atoms with Crippen LogP contribution in [0.4, 0.5) is 4.39 Å². The fourth-order valence-corrected chi connectivity index (χ4v) is 5.96. The third-order valence-electron chi connectivity index (χ3n) is 7.82. The van der Waals surface area contributed by atoms with E-state index in [1.54, 1.807) is 42.5 Å². The Bertz CT molecular complexity index is 1820. The first-order valence-corrected chi connectivity index (χ1v) is 13.0. The molecule has 4 heterocycles. The number of hydrogen-bond acceptors (Lipinski definition) is 7. The number of nitrogens with zero attached hydrogens (tertiary/aromatic N) is 2. The maximum atomic E-state index is 14.3. The van der Waals surface area contributed by atoms with Gasteiger partial charge in [-0.3, -0.25) is 14.5 Å². The second-order valence-corrected chi connectivity index (χ2v) is 10.3. The summed E-state index contributed by atoms with van der Waals surface area (Å²) in [6.07, 6.45) is 0.836. The van der Waals surface area contributed by atoms with Gasteiger partial charge in [0, 0.05) is 19.4 Å².